The number of nitrogens with zero attached hydrogens (tertiary/aromatic N) is 1. The van der Waals surface area contributed by atoms with Gasteiger partial charge >= 0.3 is 5.97 Å². The van der Waals surface area contributed by atoms with Gasteiger partial charge in [0.05, 0.1) is 12.6 Å². The van der Waals surface area contributed by atoms with Gasteiger partial charge in [0.25, 0.3) is 0 Å². The number of esters is 1. The SMILES string of the molecule is CCOC(=O)C(C(C)=O)C1c2ccccc2CCN1c1ccccc1. The van der Waals surface area contributed by atoms with Crippen molar-refractivity contribution in [1.29, 1.82) is 0 Å². The molecule has 0 bridgehead atoms. The molecule has 3 rings (SSSR count). The normalized spacial score (nSPS) is 17.5. The summed E-state index contributed by atoms with van der Waals surface area (Å²) in [6.45, 7) is 4.26. The van der Waals surface area contributed by atoms with Crippen LogP contribution in [0.5, 0.6) is 0 Å². The lowest BCUT2D eigenvalue weighted by atomic mass is 9.82. The number of fused-ring (bicyclic) bond motifs is 1. The average molecular weight is 337 g/mol. The number of ether oxygens (including phenoxy) is 1. The number of ketones is 1. The van der Waals surface area contributed by atoms with E-state index in [1.165, 1.54) is 12.5 Å². The van der Waals surface area contributed by atoms with Gasteiger partial charge in [-0.25, -0.2) is 0 Å². The van der Waals surface area contributed by atoms with Crippen molar-refractivity contribution in [3.63, 3.8) is 0 Å². The molecule has 2 aromatic carbocycles. The van der Waals surface area contributed by atoms with Gasteiger partial charge in [-0.15, -0.1) is 0 Å². The third-order valence-electron chi connectivity index (χ3n) is 4.71. The molecule has 0 amide bonds. The first-order chi connectivity index (χ1) is 12.1. The summed E-state index contributed by atoms with van der Waals surface area (Å²) < 4.78 is 5.23. The number of hydrogen-bond donors (Lipinski definition) is 0. The minimum absolute atomic E-state index is 0.166. The lowest BCUT2D eigenvalue weighted by molar-refractivity contribution is -0.152. The molecule has 2 atom stereocenters. The van der Waals surface area contributed by atoms with Crippen molar-refractivity contribution in [2.45, 2.75) is 26.3 Å². The van der Waals surface area contributed by atoms with Crippen molar-refractivity contribution in [3.8, 4) is 0 Å². The second-order valence-corrected chi connectivity index (χ2v) is 6.26. The zero-order chi connectivity index (χ0) is 17.8. The van der Waals surface area contributed by atoms with Gasteiger partial charge in [-0.3, -0.25) is 9.59 Å². The van der Waals surface area contributed by atoms with Gasteiger partial charge in [0.15, 0.2) is 0 Å². The molecule has 0 aromatic heterocycles. The maximum absolute atomic E-state index is 12.6. The lowest BCUT2D eigenvalue weighted by Crippen LogP contribution is -2.44. The van der Waals surface area contributed by atoms with E-state index < -0.39 is 11.9 Å². The molecule has 1 aliphatic heterocycles. The first-order valence-corrected chi connectivity index (χ1v) is 8.70. The molecular weight excluding hydrogens is 314 g/mol. The number of carbonyl (C=O) groups is 2. The number of carbonyl (C=O) groups excluding carboxylic acids is 2. The van der Waals surface area contributed by atoms with Crippen molar-refractivity contribution in [3.05, 3.63) is 65.7 Å². The molecule has 2 aromatic rings. The van der Waals surface area contributed by atoms with Gasteiger partial charge in [0, 0.05) is 12.2 Å². The molecule has 0 saturated heterocycles. The molecule has 1 heterocycles. The van der Waals surface area contributed by atoms with Crippen LogP contribution in [0.25, 0.3) is 0 Å². The molecule has 0 N–H and O–H groups in total. The van der Waals surface area contributed by atoms with Crippen molar-refractivity contribution < 1.29 is 14.3 Å². The van der Waals surface area contributed by atoms with Crippen LogP contribution in [-0.2, 0) is 20.7 Å². The van der Waals surface area contributed by atoms with Crippen LogP contribution in [0.4, 0.5) is 5.69 Å². The highest BCUT2D eigenvalue weighted by Gasteiger charge is 2.41. The van der Waals surface area contributed by atoms with Crippen molar-refractivity contribution in [1.82, 2.24) is 0 Å². The Balaban J connectivity index is 2.10. The van der Waals surface area contributed by atoms with Crippen LogP contribution in [0.2, 0.25) is 0 Å². The molecule has 25 heavy (non-hydrogen) atoms. The van der Waals surface area contributed by atoms with Crippen LogP contribution in [0, 0.1) is 5.92 Å². The quantitative estimate of drug-likeness (QED) is 0.618. The molecule has 4 nitrogen and oxygen atoms in total. The van der Waals surface area contributed by atoms with E-state index in [2.05, 4.69) is 11.0 Å². The summed E-state index contributed by atoms with van der Waals surface area (Å²) in [5.41, 5.74) is 3.23. The topological polar surface area (TPSA) is 46.6 Å². The second kappa shape index (κ2) is 7.51. The highest BCUT2D eigenvalue weighted by molar-refractivity contribution is 5.99. The summed E-state index contributed by atoms with van der Waals surface area (Å²) in [5.74, 6) is -1.44. The molecule has 2 unspecified atom stereocenters. The number of rotatable bonds is 5. The van der Waals surface area contributed by atoms with E-state index in [1.54, 1.807) is 6.92 Å². The summed E-state index contributed by atoms with van der Waals surface area (Å²) >= 11 is 0. The summed E-state index contributed by atoms with van der Waals surface area (Å²) in [6.07, 6.45) is 0.884. The van der Waals surface area contributed by atoms with Crippen molar-refractivity contribution in [2.24, 2.45) is 5.92 Å². The summed E-state index contributed by atoms with van der Waals surface area (Å²) in [6, 6.07) is 17.7. The average Bonchev–Trinajstić information content (AvgIpc) is 2.62. The Labute approximate surface area is 148 Å². The molecule has 0 spiro atoms. The van der Waals surface area contributed by atoms with Gasteiger partial charge < -0.3 is 9.64 Å². The molecule has 130 valence electrons. The van der Waals surface area contributed by atoms with Gasteiger partial charge in [0.1, 0.15) is 11.7 Å². The molecule has 1 aliphatic rings. The number of hydrogen-bond acceptors (Lipinski definition) is 4. The van der Waals surface area contributed by atoms with Crippen LogP contribution in [0.3, 0.4) is 0 Å². The highest BCUT2D eigenvalue weighted by Crippen LogP contribution is 2.39. The highest BCUT2D eigenvalue weighted by atomic mass is 16.5. The minimum atomic E-state index is -0.832. The Morgan fingerprint density at radius 1 is 1.12 bits per heavy atom. The fourth-order valence-corrected chi connectivity index (χ4v) is 3.62. The molecule has 0 aliphatic carbocycles. The maximum atomic E-state index is 12.6. The molecule has 0 radical (unpaired) electrons. The van der Waals surface area contributed by atoms with Crippen LogP contribution >= 0.6 is 0 Å². The fourth-order valence-electron chi connectivity index (χ4n) is 3.62. The van der Waals surface area contributed by atoms with Crippen LogP contribution in [0.15, 0.2) is 54.6 Å². The standard InChI is InChI=1S/C21H23NO3/c1-3-25-21(24)19(15(2)23)20-18-12-8-7-9-16(18)13-14-22(20)17-10-5-4-6-11-17/h4-12,19-20H,3,13-14H2,1-2H3. The van der Waals surface area contributed by atoms with Crippen LogP contribution < -0.4 is 4.90 Å². The summed E-state index contributed by atoms with van der Waals surface area (Å²) in [5, 5.41) is 0. The third-order valence-corrected chi connectivity index (χ3v) is 4.71. The predicted molar refractivity (Wildman–Crippen MR) is 97.5 cm³/mol. The molecular formula is C21H23NO3. The Bertz CT molecular complexity index is 757. The fraction of sp³-hybridized carbons (Fsp3) is 0.333. The molecule has 0 fully saturated rings. The second-order valence-electron chi connectivity index (χ2n) is 6.26. The largest absolute Gasteiger partial charge is 0.465 e. The van der Waals surface area contributed by atoms with Gasteiger partial charge in [0.2, 0.25) is 0 Å². The van der Waals surface area contributed by atoms with Crippen molar-refractivity contribution in [2.75, 3.05) is 18.1 Å². The van der Waals surface area contributed by atoms with Crippen LogP contribution in [0.1, 0.15) is 31.0 Å². The maximum Gasteiger partial charge on any atom is 0.318 e. The molecule has 4 heteroatoms. The van der Waals surface area contributed by atoms with E-state index in [4.69, 9.17) is 4.74 Å². The molecule has 0 saturated carbocycles. The monoisotopic (exact) mass is 337 g/mol. The van der Waals surface area contributed by atoms with E-state index in [0.29, 0.717) is 0 Å². The Kier molecular flexibility index (Phi) is 5.17. The first-order valence-electron chi connectivity index (χ1n) is 8.70. The Morgan fingerprint density at radius 2 is 1.80 bits per heavy atom. The van der Waals surface area contributed by atoms with E-state index in [-0.39, 0.29) is 18.4 Å². The van der Waals surface area contributed by atoms with E-state index in [0.717, 1.165) is 24.2 Å². The van der Waals surface area contributed by atoms with Crippen molar-refractivity contribution >= 4 is 17.4 Å². The summed E-state index contributed by atoms with van der Waals surface area (Å²) in [7, 11) is 0. The Hall–Kier alpha value is -2.62. The smallest absolute Gasteiger partial charge is 0.318 e. The Morgan fingerprint density at radius 3 is 2.48 bits per heavy atom. The number of benzene rings is 2. The van der Waals surface area contributed by atoms with Gasteiger partial charge in [-0.2, -0.15) is 0 Å². The van der Waals surface area contributed by atoms with E-state index in [9.17, 15) is 9.59 Å². The number of Topliss-reactive ketones (excluding diaryl/α,β-unsaturated/α-hetero) is 1. The first kappa shape index (κ1) is 17.2. The minimum Gasteiger partial charge on any atom is -0.465 e. The van der Waals surface area contributed by atoms with Gasteiger partial charge in [-0.1, -0.05) is 42.5 Å². The lowest BCUT2D eigenvalue weighted by Gasteiger charge is -2.41. The third kappa shape index (κ3) is 3.43. The zero-order valence-electron chi connectivity index (χ0n) is 14.6. The number of para-hydroxylation sites is 1. The van der Waals surface area contributed by atoms with Crippen LogP contribution in [-0.4, -0.2) is 24.9 Å². The zero-order valence-corrected chi connectivity index (χ0v) is 14.6. The van der Waals surface area contributed by atoms with E-state index >= 15 is 0 Å². The summed E-state index contributed by atoms with van der Waals surface area (Å²) in [4.78, 5) is 27.2. The van der Waals surface area contributed by atoms with E-state index in [1.807, 2.05) is 48.5 Å². The predicted octanol–water partition coefficient (Wildman–Crippen LogP) is 3.56. The van der Waals surface area contributed by atoms with Gasteiger partial charge in [-0.05, 0) is 43.5 Å². The number of anilines is 1.